The number of carbonyl (C=O) groups excluding carboxylic acids is 2. The quantitative estimate of drug-likeness (QED) is 0.737. The summed E-state index contributed by atoms with van der Waals surface area (Å²) >= 11 is 0. The fourth-order valence-electron chi connectivity index (χ4n) is 3.98. The van der Waals surface area contributed by atoms with E-state index in [1.165, 1.54) is 19.8 Å². The van der Waals surface area contributed by atoms with E-state index in [2.05, 4.69) is 13.8 Å². The summed E-state index contributed by atoms with van der Waals surface area (Å²) in [6, 6.07) is 0. The van der Waals surface area contributed by atoms with Crippen molar-refractivity contribution in [1.29, 1.82) is 0 Å². The van der Waals surface area contributed by atoms with Crippen molar-refractivity contribution >= 4 is 11.8 Å². The SMILES string of the molecule is CC(=O)O[C@H]1CCC[C@H]1C[C@@H](C)[C@@H]1CCC(C)C(=O)C1. The van der Waals surface area contributed by atoms with Gasteiger partial charge in [-0.25, -0.2) is 0 Å². The summed E-state index contributed by atoms with van der Waals surface area (Å²) in [5.74, 6) is 2.15. The Labute approximate surface area is 122 Å². The molecule has 2 saturated carbocycles. The molecule has 2 aliphatic carbocycles. The van der Waals surface area contributed by atoms with Crippen LogP contribution in [0.5, 0.6) is 0 Å². The Morgan fingerprint density at radius 2 is 2.05 bits per heavy atom. The molecule has 0 bridgehead atoms. The van der Waals surface area contributed by atoms with Crippen LogP contribution in [0.15, 0.2) is 0 Å². The van der Waals surface area contributed by atoms with Gasteiger partial charge >= 0.3 is 5.97 Å². The van der Waals surface area contributed by atoms with Gasteiger partial charge in [0.05, 0.1) is 0 Å². The van der Waals surface area contributed by atoms with Crippen molar-refractivity contribution in [3.8, 4) is 0 Å². The van der Waals surface area contributed by atoms with Crippen LogP contribution in [0.2, 0.25) is 0 Å². The Morgan fingerprint density at radius 1 is 1.30 bits per heavy atom. The molecule has 0 aliphatic heterocycles. The number of Topliss-reactive ketones (excluding diaryl/α,β-unsaturated/α-hetero) is 1. The molecule has 3 nitrogen and oxygen atoms in total. The molecule has 0 N–H and O–H groups in total. The fraction of sp³-hybridized carbons (Fsp3) is 0.882. The van der Waals surface area contributed by atoms with Gasteiger partial charge in [0.1, 0.15) is 11.9 Å². The molecule has 0 aromatic carbocycles. The van der Waals surface area contributed by atoms with Gasteiger partial charge in [-0.3, -0.25) is 9.59 Å². The topological polar surface area (TPSA) is 43.4 Å². The number of hydrogen-bond acceptors (Lipinski definition) is 3. The van der Waals surface area contributed by atoms with Crippen LogP contribution in [-0.4, -0.2) is 17.9 Å². The first-order valence-electron chi connectivity index (χ1n) is 8.17. The summed E-state index contributed by atoms with van der Waals surface area (Å²) in [5, 5.41) is 0. The maximum atomic E-state index is 11.9. The standard InChI is InChI=1S/C17H28O3/c1-11-7-8-14(10-16(11)19)12(2)9-15-5-4-6-17(15)20-13(3)18/h11-12,14-15,17H,4-10H2,1-3H3/t11?,12-,14-,15+,17+/m1/s1. The predicted molar refractivity (Wildman–Crippen MR) is 78.2 cm³/mol. The van der Waals surface area contributed by atoms with Crippen LogP contribution < -0.4 is 0 Å². The summed E-state index contributed by atoms with van der Waals surface area (Å²) in [7, 11) is 0. The van der Waals surface area contributed by atoms with Gasteiger partial charge in [0.25, 0.3) is 0 Å². The second-order valence-corrected chi connectivity index (χ2v) is 6.96. The molecule has 20 heavy (non-hydrogen) atoms. The number of carbonyl (C=O) groups is 2. The number of ketones is 1. The molecule has 1 unspecified atom stereocenters. The summed E-state index contributed by atoms with van der Waals surface area (Å²) in [4.78, 5) is 23.0. The monoisotopic (exact) mass is 280 g/mol. The Balaban J connectivity index is 1.85. The Kier molecular flexibility index (Phi) is 5.22. The molecule has 5 atom stereocenters. The molecule has 0 aromatic rings. The van der Waals surface area contributed by atoms with Crippen LogP contribution >= 0.6 is 0 Å². The highest BCUT2D eigenvalue weighted by molar-refractivity contribution is 5.81. The Hall–Kier alpha value is -0.860. The summed E-state index contributed by atoms with van der Waals surface area (Å²) in [5.41, 5.74) is 0. The second-order valence-electron chi connectivity index (χ2n) is 6.96. The van der Waals surface area contributed by atoms with Gasteiger partial charge in [-0.2, -0.15) is 0 Å². The molecular weight excluding hydrogens is 252 g/mol. The van der Waals surface area contributed by atoms with Gasteiger partial charge in [0, 0.05) is 19.3 Å². The minimum atomic E-state index is -0.156. The third kappa shape index (κ3) is 3.83. The van der Waals surface area contributed by atoms with E-state index in [0.29, 0.717) is 23.5 Å². The van der Waals surface area contributed by atoms with Crippen LogP contribution in [-0.2, 0) is 14.3 Å². The van der Waals surface area contributed by atoms with Gasteiger partial charge in [0.15, 0.2) is 0 Å². The smallest absolute Gasteiger partial charge is 0.302 e. The fourth-order valence-corrected chi connectivity index (χ4v) is 3.98. The molecule has 2 rings (SSSR count). The van der Waals surface area contributed by atoms with E-state index in [1.807, 2.05) is 0 Å². The molecule has 2 fully saturated rings. The molecule has 0 heterocycles. The van der Waals surface area contributed by atoms with Crippen LogP contribution in [0.25, 0.3) is 0 Å². The van der Waals surface area contributed by atoms with Gasteiger partial charge in [-0.1, -0.05) is 13.8 Å². The lowest BCUT2D eigenvalue weighted by molar-refractivity contribution is -0.148. The maximum Gasteiger partial charge on any atom is 0.302 e. The van der Waals surface area contributed by atoms with E-state index in [0.717, 1.165) is 32.1 Å². The number of esters is 1. The lowest BCUT2D eigenvalue weighted by Gasteiger charge is -2.32. The minimum Gasteiger partial charge on any atom is -0.462 e. The van der Waals surface area contributed by atoms with Crippen molar-refractivity contribution < 1.29 is 14.3 Å². The van der Waals surface area contributed by atoms with Crippen molar-refractivity contribution in [1.82, 2.24) is 0 Å². The number of ether oxygens (including phenoxy) is 1. The van der Waals surface area contributed by atoms with Crippen LogP contribution in [0.3, 0.4) is 0 Å². The van der Waals surface area contributed by atoms with E-state index in [4.69, 9.17) is 4.74 Å². The van der Waals surface area contributed by atoms with Gasteiger partial charge in [-0.05, 0) is 56.3 Å². The van der Waals surface area contributed by atoms with Gasteiger partial charge < -0.3 is 4.74 Å². The normalized spacial score (nSPS) is 35.9. The lowest BCUT2D eigenvalue weighted by atomic mass is 9.73. The first kappa shape index (κ1) is 15.5. The minimum absolute atomic E-state index is 0.119. The van der Waals surface area contributed by atoms with Crippen LogP contribution in [0, 0.1) is 23.7 Å². The van der Waals surface area contributed by atoms with E-state index in [1.54, 1.807) is 0 Å². The van der Waals surface area contributed by atoms with E-state index >= 15 is 0 Å². The van der Waals surface area contributed by atoms with Crippen molar-refractivity contribution in [2.75, 3.05) is 0 Å². The highest BCUT2D eigenvalue weighted by atomic mass is 16.5. The maximum absolute atomic E-state index is 11.9. The highest BCUT2D eigenvalue weighted by Crippen LogP contribution is 2.39. The van der Waals surface area contributed by atoms with E-state index < -0.39 is 0 Å². The largest absolute Gasteiger partial charge is 0.462 e. The summed E-state index contributed by atoms with van der Waals surface area (Å²) in [6.45, 7) is 5.83. The van der Waals surface area contributed by atoms with Crippen molar-refractivity contribution in [2.24, 2.45) is 23.7 Å². The van der Waals surface area contributed by atoms with Crippen LogP contribution in [0.1, 0.15) is 65.7 Å². The first-order valence-corrected chi connectivity index (χ1v) is 8.17. The van der Waals surface area contributed by atoms with Crippen molar-refractivity contribution in [2.45, 2.75) is 71.8 Å². The van der Waals surface area contributed by atoms with Gasteiger partial charge in [-0.15, -0.1) is 0 Å². The molecule has 2 aliphatic rings. The molecule has 0 saturated heterocycles. The zero-order valence-electron chi connectivity index (χ0n) is 13.1. The van der Waals surface area contributed by atoms with Crippen LogP contribution in [0.4, 0.5) is 0 Å². The Bertz CT molecular complexity index is 363. The van der Waals surface area contributed by atoms with E-state index in [9.17, 15) is 9.59 Å². The van der Waals surface area contributed by atoms with Gasteiger partial charge in [0.2, 0.25) is 0 Å². The second kappa shape index (κ2) is 6.73. The number of rotatable bonds is 4. The molecular formula is C17H28O3. The molecule has 0 radical (unpaired) electrons. The third-order valence-electron chi connectivity index (χ3n) is 5.37. The van der Waals surface area contributed by atoms with E-state index in [-0.39, 0.29) is 18.0 Å². The Morgan fingerprint density at radius 3 is 2.70 bits per heavy atom. The molecule has 0 amide bonds. The molecule has 3 heteroatoms. The predicted octanol–water partition coefficient (Wildman–Crippen LogP) is 3.75. The van der Waals surface area contributed by atoms with Crippen molar-refractivity contribution in [3.63, 3.8) is 0 Å². The third-order valence-corrected chi connectivity index (χ3v) is 5.37. The summed E-state index contributed by atoms with van der Waals surface area (Å²) < 4.78 is 5.44. The molecule has 0 spiro atoms. The average molecular weight is 280 g/mol. The number of hydrogen-bond donors (Lipinski definition) is 0. The zero-order chi connectivity index (χ0) is 14.7. The highest BCUT2D eigenvalue weighted by Gasteiger charge is 2.34. The zero-order valence-corrected chi connectivity index (χ0v) is 13.1. The first-order chi connectivity index (χ1) is 9.47. The molecule has 114 valence electrons. The molecule has 0 aromatic heterocycles. The van der Waals surface area contributed by atoms with Crippen molar-refractivity contribution in [3.05, 3.63) is 0 Å². The summed E-state index contributed by atoms with van der Waals surface area (Å²) in [6.07, 6.45) is 7.54. The average Bonchev–Trinajstić information content (AvgIpc) is 2.79. The lowest BCUT2D eigenvalue weighted by Crippen LogP contribution is -2.29.